The molecule has 0 atom stereocenters. The minimum absolute atomic E-state index is 0.102. The van der Waals surface area contributed by atoms with Gasteiger partial charge in [-0.15, -0.1) is 0 Å². The molecule has 1 amide bonds. The average Bonchev–Trinajstić information content (AvgIpc) is 2.65. The molecule has 0 unspecified atom stereocenters. The number of para-hydroxylation sites is 2. The molecule has 2 aromatic carbocycles. The molecule has 25 heavy (non-hydrogen) atoms. The van der Waals surface area contributed by atoms with E-state index in [9.17, 15) is 4.79 Å². The van der Waals surface area contributed by atoms with E-state index >= 15 is 0 Å². The number of rotatable bonds is 3. The van der Waals surface area contributed by atoms with Gasteiger partial charge in [-0.2, -0.15) is 0 Å². The fraction of sp³-hybridized carbons (Fsp3) is 0.286. The first kappa shape index (κ1) is 15.9. The Bertz CT molecular complexity index is 777. The number of likely N-dealkylation sites (tertiary alicyclic amines) is 1. The van der Waals surface area contributed by atoms with Gasteiger partial charge in [0, 0.05) is 19.6 Å². The Morgan fingerprint density at radius 3 is 2.40 bits per heavy atom. The highest BCUT2D eigenvalue weighted by molar-refractivity contribution is 6.06. The van der Waals surface area contributed by atoms with Crippen LogP contribution in [0.3, 0.4) is 0 Å². The second kappa shape index (κ2) is 6.73. The third kappa shape index (κ3) is 3.30. The van der Waals surface area contributed by atoms with Crippen LogP contribution in [0.15, 0.2) is 60.7 Å². The highest BCUT2D eigenvalue weighted by Gasteiger charge is 2.43. The van der Waals surface area contributed by atoms with Crippen molar-refractivity contribution in [3.05, 3.63) is 66.2 Å². The molecule has 2 aliphatic rings. The van der Waals surface area contributed by atoms with Crippen LogP contribution < -0.4 is 10.6 Å². The monoisotopic (exact) mass is 333 g/mol. The van der Waals surface area contributed by atoms with Crippen LogP contribution in [0.1, 0.15) is 18.4 Å². The van der Waals surface area contributed by atoms with E-state index in [2.05, 4.69) is 52.0 Å². The second-order valence-electron chi connectivity index (χ2n) is 6.82. The first-order chi connectivity index (χ1) is 12.3. The van der Waals surface area contributed by atoms with Crippen LogP contribution in [0.4, 0.5) is 11.4 Å². The third-order valence-corrected chi connectivity index (χ3v) is 5.17. The zero-order chi connectivity index (χ0) is 17.1. The SMILES string of the molecule is O=C1Nc2ccccc2NC12CCN(CC=Cc1ccccc1)CC2. The van der Waals surface area contributed by atoms with E-state index in [0.717, 1.165) is 43.9 Å². The Kier molecular flexibility index (Phi) is 4.28. The van der Waals surface area contributed by atoms with Gasteiger partial charge in [-0.25, -0.2) is 0 Å². The molecule has 128 valence electrons. The van der Waals surface area contributed by atoms with E-state index in [1.165, 1.54) is 5.56 Å². The number of nitrogens with one attached hydrogen (secondary N) is 2. The first-order valence-electron chi connectivity index (χ1n) is 8.88. The third-order valence-electron chi connectivity index (χ3n) is 5.17. The molecule has 0 saturated carbocycles. The lowest BCUT2D eigenvalue weighted by molar-refractivity contribution is -0.122. The van der Waals surface area contributed by atoms with Crippen molar-refractivity contribution in [1.82, 2.24) is 4.90 Å². The van der Waals surface area contributed by atoms with Gasteiger partial charge in [0.2, 0.25) is 5.91 Å². The van der Waals surface area contributed by atoms with Crippen molar-refractivity contribution in [3.8, 4) is 0 Å². The van der Waals surface area contributed by atoms with Crippen LogP contribution in [-0.4, -0.2) is 36.0 Å². The molecule has 0 radical (unpaired) electrons. The lowest BCUT2D eigenvalue weighted by Gasteiger charge is -2.44. The molecule has 4 rings (SSSR count). The molecular formula is C21H23N3O. The van der Waals surface area contributed by atoms with Crippen LogP contribution in [0.5, 0.6) is 0 Å². The van der Waals surface area contributed by atoms with Crippen LogP contribution in [0.2, 0.25) is 0 Å². The van der Waals surface area contributed by atoms with Gasteiger partial charge >= 0.3 is 0 Å². The van der Waals surface area contributed by atoms with Crippen molar-refractivity contribution in [2.75, 3.05) is 30.3 Å². The smallest absolute Gasteiger partial charge is 0.250 e. The Balaban J connectivity index is 1.37. The Labute approximate surface area is 148 Å². The van der Waals surface area contributed by atoms with Gasteiger partial charge < -0.3 is 10.6 Å². The minimum atomic E-state index is -0.464. The molecule has 0 bridgehead atoms. The molecule has 2 heterocycles. The summed E-state index contributed by atoms with van der Waals surface area (Å²) in [5.41, 5.74) is 2.67. The van der Waals surface area contributed by atoms with Crippen LogP contribution in [-0.2, 0) is 4.79 Å². The molecule has 2 N–H and O–H groups in total. The van der Waals surface area contributed by atoms with Crippen molar-refractivity contribution in [1.29, 1.82) is 0 Å². The fourth-order valence-electron chi connectivity index (χ4n) is 3.63. The van der Waals surface area contributed by atoms with Crippen molar-refractivity contribution in [2.45, 2.75) is 18.4 Å². The summed E-state index contributed by atoms with van der Waals surface area (Å²) in [7, 11) is 0. The van der Waals surface area contributed by atoms with Crippen molar-refractivity contribution in [3.63, 3.8) is 0 Å². The number of anilines is 2. The topological polar surface area (TPSA) is 44.4 Å². The zero-order valence-corrected chi connectivity index (χ0v) is 14.2. The highest BCUT2D eigenvalue weighted by atomic mass is 16.2. The summed E-state index contributed by atoms with van der Waals surface area (Å²) in [6.07, 6.45) is 6.02. The minimum Gasteiger partial charge on any atom is -0.369 e. The van der Waals surface area contributed by atoms with E-state index in [1.807, 2.05) is 30.3 Å². The van der Waals surface area contributed by atoms with E-state index in [-0.39, 0.29) is 5.91 Å². The highest BCUT2D eigenvalue weighted by Crippen LogP contribution is 2.36. The standard InChI is InChI=1S/C21H23N3O/c25-20-21(23-19-11-5-4-10-18(19)22-20)12-15-24(16-13-21)14-6-9-17-7-2-1-3-8-17/h1-11,23H,12-16H2,(H,22,25). The Morgan fingerprint density at radius 2 is 1.64 bits per heavy atom. The maximum Gasteiger partial charge on any atom is 0.250 e. The quantitative estimate of drug-likeness (QED) is 0.902. The molecule has 1 fully saturated rings. The normalized spacial score (nSPS) is 19.4. The number of hydrogen-bond acceptors (Lipinski definition) is 3. The van der Waals surface area contributed by atoms with Gasteiger partial charge in [0.15, 0.2) is 0 Å². The molecule has 2 aliphatic heterocycles. The number of hydrogen-bond donors (Lipinski definition) is 2. The zero-order valence-electron chi connectivity index (χ0n) is 14.2. The number of nitrogens with zero attached hydrogens (tertiary/aromatic N) is 1. The largest absolute Gasteiger partial charge is 0.369 e. The van der Waals surface area contributed by atoms with Crippen LogP contribution in [0, 0.1) is 0 Å². The van der Waals surface area contributed by atoms with Gasteiger partial charge in [0.25, 0.3) is 0 Å². The number of amides is 1. The molecule has 1 saturated heterocycles. The predicted molar refractivity (Wildman–Crippen MR) is 103 cm³/mol. The van der Waals surface area contributed by atoms with Gasteiger partial charge in [0.1, 0.15) is 5.54 Å². The summed E-state index contributed by atoms with van der Waals surface area (Å²) in [4.78, 5) is 15.0. The number of fused-ring (bicyclic) bond motifs is 1. The van der Waals surface area contributed by atoms with E-state index in [4.69, 9.17) is 0 Å². The second-order valence-corrected chi connectivity index (χ2v) is 6.82. The maximum atomic E-state index is 12.6. The van der Waals surface area contributed by atoms with Crippen LogP contribution >= 0.6 is 0 Å². The summed E-state index contributed by atoms with van der Waals surface area (Å²) in [5.74, 6) is 0.102. The predicted octanol–water partition coefficient (Wildman–Crippen LogP) is 3.60. The van der Waals surface area contributed by atoms with Gasteiger partial charge in [-0.1, -0.05) is 54.6 Å². The molecule has 4 nitrogen and oxygen atoms in total. The average molecular weight is 333 g/mol. The van der Waals surface area contributed by atoms with E-state index in [0.29, 0.717) is 0 Å². The van der Waals surface area contributed by atoms with E-state index in [1.54, 1.807) is 0 Å². The van der Waals surface area contributed by atoms with Crippen LogP contribution in [0.25, 0.3) is 6.08 Å². The molecule has 0 aromatic heterocycles. The number of piperidine rings is 1. The maximum absolute atomic E-state index is 12.6. The van der Waals surface area contributed by atoms with Crippen molar-refractivity contribution in [2.24, 2.45) is 0 Å². The Morgan fingerprint density at radius 1 is 0.960 bits per heavy atom. The summed E-state index contributed by atoms with van der Waals surface area (Å²) >= 11 is 0. The molecular weight excluding hydrogens is 310 g/mol. The molecule has 1 spiro atoms. The summed E-state index contributed by atoms with van der Waals surface area (Å²) in [5, 5.41) is 6.57. The Hall–Kier alpha value is -2.59. The van der Waals surface area contributed by atoms with Gasteiger partial charge in [-0.3, -0.25) is 9.69 Å². The fourth-order valence-corrected chi connectivity index (χ4v) is 3.63. The lowest BCUT2D eigenvalue weighted by Crippen LogP contribution is -2.58. The summed E-state index contributed by atoms with van der Waals surface area (Å²) in [6.45, 7) is 2.76. The number of benzene rings is 2. The van der Waals surface area contributed by atoms with Gasteiger partial charge in [0.05, 0.1) is 11.4 Å². The first-order valence-corrected chi connectivity index (χ1v) is 8.88. The number of carbonyl (C=O) groups is 1. The molecule has 2 aromatic rings. The summed E-state index contributed by atoms with van der Waals surface area (Å²) < 4.78 is 0. The van der Waals surface area contributed by atoms with Gasteiger partial charge in [-0.05, 0) is 30.5 Å². The van der Waals surface area contributed by atoms with Crippen molar-refractivity contribution < 1.29 is 4.79 Å². The van der Waals surface area contributed by atoms with E-state index < -0.39 is 5.54 Å². The summed E-state index contributed by atoms with van der Waals surface area (Å²) in [6, 6.07) is 18.3. The molecule has 4 heteroatoms. The number of carbonyl (C=O) groups excluding carboxylic acids is 1. The molecule has 0 aliphatic carbocycles. The lowest BCUT2D eigenvalue weighted by atomic mass is 9.84. The van der Waals surface area contributed by atoms with Crippen molar-refractivity contribution >= 4 is 23.4 Å².